The van der Waals surface area contributed by atoms with Crippen molar-refractivity contribution in [2.75, 3.05) is 6.54 Å². The van der Waals surface area contributed by atoms with Crippen LogP contribution in [0.2, 0.25) is 0 Å². The van der Waals surface area contributed by atoms with Gasteiger partial charge in [-0.05, 0) is 31.7 Å². The first-order chi connectivity index (χ1) is 7.22. The van der Waals surface area contributed by atoms with Crippen LogP contribution in [0.5, 0.6) is 0 Å². The molecule has 15 heavy (non-hydrogen) atoms. The molecule has 0 aromatic rings. The zero-order valence-corrected chi connectivity index (χ0v) is 10.1. The fourth-order valence-corrected chi connectivity index (χ4v) is 2.36. The zero-order valence-electron chi connectivity index (χ0n) is 10.1. The van der Waals surface area contributed by atoms with Gasteiger partial charge < -0.3 is 5.32 Å². The highest BCUT2D eigenvalue weighted by molar-refractivity contribution is 4.78. The van der Waals surface area contributed by atoms with Crippen molar-refractivity contribution in [3.8, 4) is 6.07 Å². The lowest BCUT2D eigenvalue weighted by Crippen LogP contribution is -2.28. The van der Waals surface area contributed by atoms with Gasteiger partial charge in [0.25, 0.3) is 0 Å². The molecule has 0 aliphatic heterocycles. The van der Waals surface area contributed by atoms with Gasteiger partial charge in [-0.2, -0.15) is 5.26 Å². The highest BCUT2D eigenvalue weighted by Crippen LogP contribution is 2.29. The summed E-state index contributed by atoms with van der Waals surface area (Å²) in [6.07, 6.45) is 7.58. The SMILES string of the molecule is CC1CCC(CCNC(C)CC#N)CC1. The summed E-state index contributed by atoms with van der Waals surface area (Å²) in [7, 11) is 0. The molecule has 0 aromatic carbocycles. The van der Waals surface area contributed by atoms with Crippen LogP contribution in [0, 0.1) is 23.2 Å². The molecule has 2 heteroatoms. The van der Waals surface area contributed by atoms with Crippen molar-refractivity contribution in [2.24, 2.45) is 11.8 Å². The first-order valence-corrected chi connectivity index (χ1v) is 6.32. The molecule has 1 saturated carbocycles. The van der Waals surface area contributed by atoms with Gasteiger partial charge in [0.1, 0.15) is 0 Å². The molecule has 86 valence electrons. The third kappa shape index (κ3) is 5.18. The molecule has 0 amide bonds. The number of rotatable bonds is 5. The summed E-state index contributed by atoms with van der Waals surface area (Å²) < 4.78 is 0. The van der Waals surface area contributed by atoms with E-state index in [1.807, 2.05) is 0 Å². The van der Waals surface area contributed by atoms with Gasteiger partial charge in [0.05, 0.1) is 12.5 Å². The average Bonchev–Trinajstić information content (AvgIpc) is 2.21. The molecule has 0 spiro atoms. The molecular weight excluding hydrogens is 184 g/mol. The Hall–Kier alpha value is -0.550. The standard InChI is InChI=1S/C13H24N2/c1-11-3-5-13(6-4-11)8-10-15-12(2)7-9-14/h11-13,15H,3-8,10H2,1-2H3. The molecule has 1 N–H and O–H groups in total. The quantitative estimate of drug-likeness (QED) is 0.753. The molecule has 1 rings (SSSR count). The second kappa shape index (κ2) is 6.85. The van der Waals surface area contributed by atoms with Crippen LogP contribution in [0.15, 0.2) is 0 Å². The maximum Gasteiger partial charge on any atom is 0.0638 e. The van der Waals surface area contributed by atoms with Crippen LogP contribution in [0.1, 0.15) is 52.4 Å². The van der Waals surface area contributed by atoms with E-state index in [1.54, 1.807) is 0 Å². The lowest BCUT2D eigenvalue weighted by atomic mass is 9.81. The van der Waals surface area contributed by atoms with Gasteiger partial charge in [0.15, 0.2) is 0 Å². The Morgan fingerprint density at radius 2 is 2.00 bits per heavy atom. The monoisotopic (exact) mass is 208 g/mol. The predicted molar refractivity (Wildman–Crippen MR) is 63.4 cm³/mol. The molecule has 1 aliphatic rings. The van der Waals surface area contributed by atoms with Crippen LogP contribution in [-0.2, 0) is 0 Å². The highest BCUT2D eigenvalue weighted by atomic mass is 14.9. The first kappa shape index (κ1) is 12.5. The Morgan fingerprint density at radius 3 is 2.60 bits per heavy atom. The van der Waals surface area contributed by atoms with E-state index >= 15 is 0 Å². The number of nitrogens with one attached hydrogen (secondary N) is 1. The van der Waals surface area contributed by atoms with E-state index < -0.39 is 0 Å². The van der Waals surface area contributed by atoms with E-state index in [0.29, 0.717) is 12.5 Å². The average molecular weight is 208 g/mol. The molecule has 0 radical (unpaired) electrons. The van der Waals surface area contributed by atoms with Crippen molar-refractivity contribution in [3.63, 3.8) is 0 Å². The highest BCUT2D eigenvalue weighted by Gasteiger charge is 2.17. The summed E-state index contributed by atoms with van der Waals surface area (Å²) in [5.41, 5.74) is 0. The molecule has 1 atom stereocenters. The summed E-state index contributed by atoms with van der Waals surface area (Å²) in [4.78, 5) is 0. The lowest BCUT2D eigenvalue weighted by Gasteiger charge is -2.26. The largest absolute Gasteiger partial charge is 0.313 e. The number of hydrogen-bond acceptors (Lipinski definition) is 2. The van der Waals surface area contributed by atoms with Gasteiger partial charge >= 0.3 is 0 Å². The third-order valence-electron chi connectivity index (χ3n) is 3.58. The van der Waals surface area contributed by atoms with Crippen LogP contribution in [-0.4, -0.2) is 12.6 Å². The topological polar surface area (TPSA) is 35.8 Å². The van der Waals surface area contributed by atoms with E-state index in [2.05, 4.69) is 25.2 Å². The fourth-order valence-electron chi connectivity index (χ4n) is 2.36. The van der Waals surface area contributed by atoms with Gasteiger partial charge in [-0.25, -0.2) is 0 Å². The van der Waals surface area contributed by atoms with E-state index in [0.717, 1.165) is 18.4 Å². The smallest absolute Gasteiger partial charge is 0.0638 e. The molecule has 0 aromatic heterocycles. The van der Waals surface area contributed by atoms with Crippen molar-refractivity contribution in [1.29, 1.82) is 5.26 Å². The predicted octanol–water partition coefficient (Wildman–Crippen LogP) is 3.09. The van der Waals surface area contributed by atoms with Crippen molar-refractivity contribution < 1.29 is 0 Å². The Balaban J connectivity index is 2.03. The van der Waals surface area contributed by atoms with Crippen LogP contribution in [0.3, 0.4) is 0 Å². The van der Waals surface area contributed by atoms with E-state index in [4.69, 9.17) is 5.26 Å². The Kier molecular flexibility index (Phi) is 5.71. The minimum Gasteiger partial charge on any atom is -0.313 e. The minimum absolute atomic E-state index is 0.359. The van der Waals surface area contributed by atoms with Crippen LogP contribution >= 0.6 is 0 Å². The Labute approximate surface area is 94.1 Å². The molecule has 1 unspecified atom stereocenters. The summed E-state index contributed by atoms with van der Waals surface area (Å²) in [5, 5.41) is 11.9. The van der Waals surface area contributed by atoms with Gasteiger partial charge in [-0.3, -0.25) is 0 Å². The molecule has 1 fully saturated rings. The molecule has 2 nitrogen and oxygen atoms in total. The van der Waals surface area contributed by atoms with Crippen molar-refractivity contribution in [2.45, 2.75) is 58.4 Å². The molecule has 1 aliphatic carbocycles. The normalized spacial score (nSPS) is 28.3. The minimum atomic E-state index is 0.359. The number of nitrogens with zero attached hydrogens (tertiary/aromatic N) is 1. The Morgan fingerprint density at radius 1 is 1.33 bits per heavy atom. The van der Waals surface area contributed by atoms with Crippen LogP contribution < -0.4 is 5.32 Å². The summed E-state index contributed by atoms with van der Waals surface area (Å²) in [6, 6.07) is 2.56. The number of nitriles is 1. The van der Waals surface area contributed by atoms with Crippen LogP contribution in [0.4, 0.5) is 0 Å². The second-order valence-corrected chi connectivity index (χ2v) is 5.13. The maximum absolute atomic E-state index is 8.52. The maximum atomic E-state index is 8.52. The summed E-state index contributed by atoms with van der Waals surface area (Å²) in [6.45, 7) is 5.54. The fraction of sp³-hybridized carbons (Fsp3) is 0.923. The van der Waals surface area contributed by atoms with E-state index in [1.165, 1.54) is 32.1 Å². The van der Waals surface area contributed by atoms with Gasteiger partial charge in [-0.15, -0.1) is 0 Å². The molecule has 0 bridgehead atoms. The number of hydrogen-bond donors (Lipinski definition) is 1. The van der Waals surface area contributed by atoms with Crippen molar-refractivity contribution >= 4 is 0 Å². The zero-order chi connectivity index (χ0) is 11.1. The lowest BCUT2D eigenvalue weighted by molar-refractivity contribution is 0.273. The molecular formula is C13H24N2. The van der Waals surface area contributed by atoms with Gasteiger partial charge in [0, 0.05) is 6.04 Å². The summed E-state index contributed by atoms with van der Waals surface area (Å²) in [5.74, 6) is 1.88. The molecule has 0 heterocycles. The van der Waals surface area contributed by atoms with Gasteiger partial charge in [0.2, 0.25) is 0 Å². The Bertz CT molecular complexity index is 199. The van der Waals surface area contributed by atoms with Crippen molar-refractivity contribution in [1.82, 2.24) is 5.32 Å². The third-order valence-corrected chi connectivity index (χ3v) is 3.58. The van der Waals surface area contributed by atoms with Crippen molar-refractivity contribution in [3.05, 3.63) is 0 Å². The summed E-state index contributed by atoms with van der Waals surface area (Å²) >= 11 is 0. The molecule has 0 saturated heterocycles. The van der Waals surface area contributed by atoms with E-state index in [-0.39, 0.29) is 0 Å². The van der Waals surface area contributed by atoms with Gasteiger partial charge in [-0.1, -0.05) is 32.6 Å². The second-order valence-electron chi connectivity index (χ2n) is 5.13. The van der Waals surface area contributed by atoms with E-state index in [9.17, 15) is 0 Å². The van der Waals surface area contributed by atoms with Crippen LogP contribution in [0.25, 0.3) is 0 Å². The first-order valence-electron chi connectivity index (χ1n) is 6.32.